The average Bonchev–Trinajstić information content (AvgIpc) is 2.43. The molecule has 0 bridgehead atoms. The molecular formula is C13H29BO2. The minimum absolute atomic E-state index is 0.239. The van der Waals surface area contributed by atoms with Crippen molar-refractivity contribution in [2.24, 2.45) is 0 Å². The Hall–Kier alpha value is -0.275. The van der Waals surface area contributed by atoms with Crippen LogP contribution in [0.4, 0.5) is 0 Å². The van der Waals surface area contributed by atoms with Crippen LogP contribution in [0.15, 0.2) is 12.1 Å². The molecule has 1 heterocycles. The van der Waals surface area contributed by atoms with Crippen LogP contribution in [0.1, 0.15) is 62.3 Å². The smallest absolute Gasteiger partial charge is 0.400 e. The van der Waals surface area contributed by atoms with Crippen molar-refractivity contribution >= 4 is 7.12 Å². The molecule has 0 unspecified atom stereocenters. The summed E-state index contributed by atoms with van der Waals surface area (Å²) in [4.78, 5) is 0. The first-order valence-electron chi connectivity index (χ1n) is 6.27. The van der Waals surface area contributed by atoms with E-state index in [1.807, 2.05) is 62.3 Å². The molecule has 0 aromatic carbocycles. The fourth-order valence-electron chi connectivity index (χ4n) is 1.04. The second-order valence-electron chi connectivity index (χ2n) is 4.43. The topological polar surface area (TPSA) is 18.5 Å². The highest BCUT2D eigenvalue weighted by Crippen LogP contribution is 2.37. The molecule has 0 aromatic rings. The molecule has 3 heteroatoms. The summed E-state index contributed by atoms with van der Waals surface area (Å²) < 4.78 is 11.4. The normalized spacial score (nSPS) is 20.2. The van der Waals surface area contributed by atoms with Crippen LogP contribution in [0.2, 0.25) is 0 Å². The minimum Gasteiger partial charge on any atom is -0.400 e. The molecule has 0 aromatic heterocycles. The third-order valence-electron chi connectivity index (χ3n) is 2.66. The van der Waals surface area contributed by atoms with Crippen LogP contribution in [0, 0.1) is 0 Å². The van der Waals surface area contributed by atoms with Gasteiger partial charge in [0.05, 0.1) is 11.2 Å². The molecule has 0 saturated carbocycles. The monoisotopic (exact) mass is 228 g/mol. The Morgan fingerprint density at radius 2 is 1.12 bits per heavy atom. The van der Waals surface area contributed by atoms with Crippen LogP contribution in [0.5, 0.6) is 0 Å². The second-order valence-corrected chi connectivity index (χ2v) is 4.43. The van der Waals surface area contributed by atoms with Gasteiger partial charge in [0.1, 0.15) is 0 Å². The van der Waals surface area contributed by atoms with Crippen LogP contribution in [-0.2, 0) is 9.31 Å². The maximum Gasteiger partial charge on any atom is 0.489 e. The SMILES string of the molecule is C=C(C)B1OC(C)(C)C(C)(C)O1.CC.CC. The number of rotatable bonds is 1. The Kier molecular flexibility index (Phi) is 8.06. The molecule has 1 saturated heterocycles. The van der Waals surface area contributed by atoms with Crippen molar-refractivity contribution in [1.82, 2.24) is 0 Å². The Balaban J connectivity index is 0. The van der Waals surface area contributed by atoms with Gasteiger partial charge in [0, 0.05) is 0 Å². The Labute approximate surface area is 103 Å². The van der Waals surface area contributed by atoms with E-state index in [1.165, 1.54) is 0 Å². The predicted octanol–water partition coefficient (Wildman–Crippen LogP) is 4.25. The van der Waals surface area contributed by atoms with Crippen LogP contribution in [0.25, 0.3) is 0 Å². The van der Waals surface area contributed by atoms with E-state index >= 15 is 0 Å². The van der Waals surface area contributed by atoms with Crippen molar-refractivity contribution in [3.63, 3.8) is 0 Å². The van der Waals surface area contributed by atoms with E-state index in [9.17, 15) is 0 Å². The van der Waals surface area contributed by atoms with Gasteiger partial charge in [-0.3, -0.25) is 0 Å². The highest BCUT2D eigenvalue weighted by atomic mass is 16.7. The number of hydrogen-bond donors (Lipinski definition) is 0. The molecule has 1 aliphatic heterocycles. The van der Waals surface area contributed by atoms with Crippen molar-refractivity contribution in [3.8, 4) is 0 Å². The van der Waals surface area contributed by atoms with Crippen LogP contribution >= 0.6 is 0 Å². The maximum absolute atomic E-state index is 5.70. The molecule has 0 spiro atoms. The second kappa shape index (κ2) is 7.13. The van der Waals surface area contributed by atoms with Crippen molar-refractivity contribution in [1.29, 1.82) is 0 Å². The molecule has 0 N–H and O–H groups in total. The van der Waals surface area contributed by atoms with Crippen molar-refractivity contribution in [2.75, 3.05) is 0 Å². The summed E-state index contributed by atoms with van der Waals surface area (Å²) in [6.45, 7) is 21.9. The van der Waals surface area contributed by atoms with Gasteiger partial charge in [-0.1, -0.05) is 33.2 Å². The lowest BCUT2D eigenvalue weighted by atomic mass is 9.81. The molecule has 0 amide bonds. The summed E-state index contributed by atoms with van der Waals surface area (Å²) in [7, 11) is -0.241. The van der Waals surface area contributed by atoms with Gasteiger partial charge in [0.25, 0.3) is 0 Å². The van der Waals surface area contributed by atoms with Gasteiger partial charge in [-0.2, -0.15) is 0 Å². The molecule has 1 rings (SSSR count). The Morgan fingerprint density at radius 1 is 0.875 bits per heavy atom. The Morgan fingerprint density at radius 3 is 1.25 bits per heavy atom. The van der Waals surface area contributed by atoms with Gasteiger partial charge >= 0.3 is 7.12 Å². The summed E-state index contributed by atoms with van der Waals surface area (Å²) >= 11 is 0. The van der Waals surface area contributed by atoms with Crippen LogP contribution < -0.4 is 0 Å². The van der Waals surface area contributed by atoms with Gasteiger partial charge in [0.15, 0.2) is 0 Å². The third-order valence-corrected chi connectivity index (χ3v) is 2.66. The van der Waals surface area contributed by atoms with E-state index in [0.717, 1.165) is 5.47 Å². The molecule has 0 radical (unpaired) electrons. The van der Waals surface area contributed by atoms with Crippen LogP contribution in [0.3, 0.4) is 0 Å². The third kappa shape index (κ3) is 4.30. The number of hydrogen-bond acceptors (Lipinski definition) is 2. The largest absolute Gasteiger partial charge is 0.489 e. The van der Waals surface area contributed by atoms with E-state index in [2.05, 4.69) is 6.58 Å². The van der Waals surface area contributed by atoms with E-state index in [4.69, 9.17) is 9.31 Å². The van der Waals surface area contributed by atoms with E-state index in [-0.39, 0.29) is 18.3 Å². The van der Waals surface area contributed by atoms with Gasteiger partial charge in [0.2, 0.25) is 0 Å². The highest BCUT2D eigenvalue weighted by molar-refractivity contribution is 6.54. The average molecular weight is 228 g/mol. The Bertz CT molecular complexity index is 194. The van der Waals surface area contributed by atoms with Crippen molar-refractivity contribution in [3.05, 3.63) is 12.1 Å². The summed E-state index contributed by atoms with van der Waals surface area (Å²) in [6, 6.07) is 0. The first-order chi connectivity index (χ1) is 7.26. The molecule has 0 aliphatic carbocycles. The zero-order chi connectivity index (χ0) is 13.6. The van der Waals surface area contributed by atoms with E-state index in [1.54, 1.807) is 0 Å². The molecule has 0 atom stereocenters. The van der Waals surface area contributed by atoms with Gasteiger partial charge in [-0.15, -0.1) is 6.58 Å². The molecule has 1 fully saturated rings. The minimum atomic E-state index is -0.241. The van der Waals surface area contributed by atoms with E-state index in [0.29, 0.717) is 0 Å². The summed E-state index contributed by atoms with van der Waals surface area (Å²) in [5.74, 6) is 0. The number of allylic oxidation sites excluding steroid dienone is 1. The fourth-order valence-corrected chi connectivity index (χ4v) is 1.04. The predicted molar refractivity (Wildman–Crippen MR) is 73.6 cm³/mol. The summed E-state index contributed by atoms with van der Waals surface area (Å²) in [5.41, 5.74) is 0.446. The lowest BCUT2D eigenvalue weighted by molar-refractivity contribution is 0.00578. The first kappa shape index (κ1) is 18.1. The van der Waals surface area contributed by atoms with Gasteiger partial charge in [-0.05, 0) is 34.6 Å². The quantitative estimate of drug-likeness (QED) is 0.624. The molecule has 1 aliphatic rings. The molecule has 96 valence electrons. The standard InChI is InChI=1S/C9H17BO2.2C2H6/c1-7(2)10-11-8(3,4)9(5,6)12-10;2*1-2/h1H2,2-6H3;2*1-2H3. The zero-order valence-electron chi connectivity index (χ0n) is 12.6. The first-order valence-corrected chi connectivity index (χ1v) is 6.27. The summed E-state index contributed by atoms with van der Waals surface area (Å²) in [5, 5.41) is 0. The van der Waals surface area contributed by atoms with Crippen molar-refractivity contribution in [2.45, 2.75) is 73.5 Å². The maximum atomic E-state index is 5.70. The van der Waals surface area contributed by atoms with Crippen molar-refractivity contribution < 1.29 is 9.31 Å². The summed E-state index contributed by atoms with van der Waals surface area (Å²) in [6.07, 6.45) is 0. The van der Waals surface area contributed by atoms with Gasteiger partial charge < -0.3 is 9.31 Å². The molecule has 16 heavy (non-hydrogen) atoms. The lowest BCUT2D eigenvalue weighted by Gasteiger charge is -2.32. The fraction of sp³-hybridized carbons (Fsp3) is 0.846. The van der Waals surface area contributed by atoms with Crippen LogP contribution in [-0.4, -0.2) is 18.3 Å². The molecule has 2 nitrogen and oxygen atoms in total. The molecular weight excluding hydrogens is 199 g/mol. The lowest BCUT2D eigenvalue weighted by Crippen LogP contribution is -2.41. The van der Waals surface area contributed by atoms with Gasteiger partial charge in [-0.25, -0.2) is 0 Å². The zero-order valence-corrected chi connectivity index (χ0v) is 12.6. The highest BCUT2D eigenvalue weighted by Gasteiger charge is 2.51. The van der Waals surface area contributed by atoms with E-state index < -0.39 is 0 Å².